The molecule has 0 saturated carbocycles. The fourth-order valence-corrected chi connectivity index (χ4v) is 2.44. The van der Waals surface area contributed by atoms with Crippen molar-refractivity contribution in [1.29, 1.82) is 0 Å². The summed E-state index contributed by atoms with van der Waals surface area (Å²) >= 11 is 3.26. The Morgan fingerprint density at radius 3 is 2.85 bits per heavy atom. The maximum Gasteiger partial charge on any atom is 0.335 e. The Kier molecular flexibility index (Phi) is 4.61. The van der Waals surface area contributed by atoms with Crippen LogP contribution < -0.4 is 5.32 Å². The summed E-state index contributed by atoms with van der Waals surface area (Å²) in [6.07, 6.45) is 0. The van der Waals surface area contributed by atoms with Crippen LogP contribution in [0.4, 0.5) is 10.5 Å². The summed E-state index contributed by atoms with van der Waals surface area (Å²) in [5.41, 5.74) is 0.702. The average Bonchev–Trinajstić information content (AvgIpc) is 2.41. The van der Waals surface area contributed by atoms with E-state index in [1.807, 2.05) is 6.92 Å². The molecule has 0 aromatic heterocycles. The number of nitrogens with one attached hydrogen (secondary N) is 1. The number of ether oxygens (including phenoxy) is 1. The molecule has 108 valence electrons. The summed E-state index contributed by atoms with van der Waals surface area (Å²) in [5, 5.41) is 11.7. The van der Waals surface area contributed by atoms with E-state index in [2.05, 4.69) is 21.2 Å². The molecular formula is C13H15BrN2O4. The van der Waals surface area contributed by atoms with E-state index in [-0.39, 0.29) is 17.6 Å². The minimum absolute atomic E-state index is 0.0146. The number of morpholine rings is 1. The minimum atomic E-state index is -1.01. The molecular weight excluding hydrogens is 328 g/mol. The van der Waals surface area contributed by atoms with Gasteiger partial charge >= 0.3 is 12.0 Å². The van der Waals surface area contributed by atoms with Crippen LogP contribution in [0.5, 0.6) is 0 Å². The highest BCUT2D eigenvalue weighted by Gasteiger charge is 2.24. The first-order valence-corrected chi connectivity index (χ1v) is 6.96. The second-order valence-electron chi connectivity index (χ2n) is 4.55. The van der Waals surface area contributed by atoms with Gasteiger partial charge in [-0.1, -0.05) is 0 Å². The number of carboxylic acids is 1. The van der Waals surface area contributed by atoms with Crippen LogP contribution in [0, 0.1) is 0 Å². The number of carboxylic acid groups (broad SMARTS) is 1. The molecule has 1 saturated heterocycles. The molecule has 1 aliphatic heterocycles. The van der Waals surface area contributed by atoms with E-state index in [1.54, 1.807) is 11.0 Å². The summed E-state index contributed by atoms with van der Waals surface area (Å²) < 4.78 is 5.82. The molecule has 1 aliphatic rings. The van der Waals surface area contributed by atoms with Crippen molar-refractivity contribution in [3.63, 3.8) is 0 Å². The molecule has 2 amide bonds. The molecule has 1 aromatic carbocycles. The van der Waals surface area contributed by atoms with Crippen molar-refractivity contribution >= 4 is 33.6 Å². The number of halogens is 1. The van der Waals surface area contributed by atoms with Gasteiger partial charge in [0.15, 0.2) is 0 Å². The number of amides is 2. The van der Waals surface area contributed by atoms with Crippen molar-refractivity contribution in [2.45, 2.75) is 13.0 Å². The first kappa shape index (κ1) is 14.8. The van der Waals surface area contributed by atoms with Crippen LogP contribution >= 0.6 is 15.9 Å². The summed E-state index contributed by atoms with van der Waals surface area (Å²) in [7, 11) is 0. The van der Waals surface area contributed by atoms with Crippen LogP contribution in [0.2, 0.25) is 0 Å². The smallest absolute Gasteiger partial charge is 0.335 e. The maximum absolute atomic E-state index is 12.2. The third-order valence-corrected chi connectivity index (χ3v) is 3.74. The van der Waals surface area contributed by atoms with Crippen molar-refractivity contribution in [2.24, 2.45) is 0 Å². The molecule has 1 fully saturated rings. The molecule has 1 atom stereocenters. The molecule has 0 bridgehead atoms. The highest BCUT2D eigenvalue weighted by Crippen LogP contribution is 2.24. The SMILES string of the molecule is CC1COCCN1C(=O)Nc1ccc(C(=O)O)cc1Br. The first-order chi connectivity index (χ1) is 9.49. The number of urea groups is 1. The fourth-order valence-electron chi connectivity index (χ4n) is 1.97. The lowest BCUT2D eigenvalue weighted by Gasteiger charge is -2.33. The number of aromatic carboxylic acids is 1. The number of rotatable bonds is 2. The van der Waals surface area contributed by atoms with Crippen molar-refractivity contribution in [3.05, 3.63) is 28.2 Å². The Hall–Kier alpha value is -1.60. The van der Waals surface area contributed by atoms with E-state index in [1.165, 1.54) is 12.1 Å². The van der Waals surface area contributed by atoms with Crippen LogP contribution in [0.15, 0.2) is 22.7 Å². The topological polar surface area (TPSA) is 78.9 Å². The Bertz CT molecular complexity index is 535. The number of anilines is 1. The van der Waals surface area contributed by atoms with E-state index in [0.717, 1.165) is 0 Å². The van der Waals surface area contributed by atoms with Gasteiger partial charge in [0.1, 0.15) is 0 Å². The van der Waals surface area contributed by atoms with E-state index < -0.39 is 5.97 Å². The van der Waals surface area contributed by atoms with Crippen molar-refractivity contribution in [3.8, 4) is 0 Å². The highest BCUT2D eigenvalue weighted by atomic mass is 79.9. The van der Waals surface area contributed by atoms with Crippen molar-refractivity contribution < 1.29 is 19.4 Å². The molecule has 0 aliphatic carbocycles. The average molecular weight is 343 g/mol. The molecule has 2 rings (SSSR count). The van der Waals surface area contributed by atoms with E-state index >= 15 is 0 Å². The maximum atomic E-state index is 12.2. The van der Waals surface area contributed by atoms with Crippen molar-refractivity contribution in [1.82, 2.24) is 4.90 Å². The number of hydrogen-bond acceptors (Lipinski definition) is 3. The second-order valence-corrected chi connectivity index (χ2v) is 5.40. The van der Waals surface area contributed by atoms with Crippen LogP contribution in [-0.2, 0) is 4.74 Å². The normalized spacial score (nSPS) is 18.7. The third kappa shape index (κ3) is 3.29. The lowest BCUT2D eigenvalue weighted by Crippen LogP contribution is -2.48. The van der Waals surface area contributed by atoms with Crippen LogP contribution in [0.1, 0.15) is 17.3 Å². The van der Waals surface area contributed by atoms with Gasteiger partial charge in [0.2, 0.25) is 0 Å². The molecule has 7 heteroatoms. The quantitative estimate of drug-likeness (QED) is 0.864. The molecule has 0 spiro atoms. The zero-order chi connectivity index (χ0) is 14.7. The first-order valence-electron chi connectivity index (χ1n) is 6.17. The molecule has 1 unspecified atom stereocenters. The van der Waals surface area contributed by atoms with Gasteiger partial charge in [-0.25, -0.2) is 9.59 Å². The molecule has 1 aromatic rings. The van der Waals surface area contributed by atoms with Crippen LogP contribution in [-0.4, -0.2) is 47.8 Å². The molecule has 1 heterocycles. The summed E-state index contributed by atoms with van der Waals surface area (Å²) in [6, 6.07) is 4.27. The number of carbonyl (C=O) groups is 2. The Labute approximate surface area is 124 Å². The van der Waals surface area contributed by atoms with Gasteiger partial charge in [-0.2, -0.15) is 0 Å². The Balaban J connectivity index is 2.09. The van der Waals surface area contributed by atoms with Gasteiger partial charge in [0.05, 0.1) is 30.5 Å². The van der Waals surface area contributed by atoms with Gasteiger partial charge < -0.3 is 20.1 Å². The third-order valence-electron chi connectivity index (χ3n) is 3.09. The zero-order valence-electron chi connectivity index (χ0n) is 10.9. The van der Waals surface area contributed by atoms with Gasteiger partial charge in [0, 0.05) is 11.0 Å². The number of nitrogens with zero attached hydrogens (tertiary/aromatic N) is 1. The van der Waals surface area contributed by atoms with Crippen LogP contribution in [0.3, 0.4) is 0 Å². The number of carbonyl (C=O) groups excluding carboxylic acids is 1. The lowest BCUT2D eigenvalue weighted by atomic mass is 10.2. The van der Waals surface area contributed by atoms with Gasteiger partial charge in [0.25, 0.3) is 0 Å². The number of benzene rings is 1. The van der Waals surface area contributed by atoms with Gasteiger partial charge in [-0.05, 0) is 41.1 Å². The van der Waals surface area contributed by atoms with Gasteiger partial charge in [-0.15, -0.1) is 0 Å². The minimum Gasteiger partial charge on any atom is -0.478 e. The lowest BCUT2D eigenvalue weighted by molar-refractivity contribution is 0.0221. The molecule has 20 heavy (non-hydrogen) atoms. The summed E-state index contributed by atoms with van der Waals surface area (Å²) in [5.74, 6) is -1.01. The highest BCUT2D eigenvalue weighted by molar-refractivity contribution is 9.10. The largest absolute Gasteiger partial charge is 0.478 e. The predicted molar refractivity (Wildman–Crippen MR) is 77.1 cm³/mol. The monoisotopic (exact) mass is 342 g/mol. The van der Waals surface area contributed by atoms with Crippen molar-refractivity contribution in [2.75, 3.05) is 25.1 Å². The standard InChI is InChI=1S/C13H15BrN2O4/c1-8-7-20-5-4-16(8)13(19)15-11-3-2-9(12(17)18)6-10(11)14/h2-3,6,8H,4-5,7H2,1H3,(H,15,19)(H,17,18). The molecule has 2 N–H and O–H groups in total. The second kappa shape index (κ2) is 6.23. The number of hydrogen-bond donors (Lipinski definition) is 2. The molecule has 6 nitrogen and oxygen atoms in total. The van der Waals surface area contributed by atoms with Gasteiger partial charge in [-0.3, -0.25) is 0 Å². The van der Waals surface area contributed by atoms with E-state index in [0.29, 0.717) is 29.9 Å². The zero-order valence-corrected chi connectivity index (χ0v) is 12.5. The fraction of sp³-hybridized carbons (Fsp3) is 0.385. The Morgan fingerprint density at radius 1 is 1.50 bits per heavy atom. The summed E-state index contributed by atoms with van der Waals surface area (Å²) in [6.45, 7) is 3.50. The molecule has 0 radical (unpaired) electrons. The van der Waals surface area contributed by atoms with Crippen LogP contribution in [0.25, 0.3) is 0 Å². The predicted octanol–water partition coefficient (Wildman–Crippen LogP) is 2.40. The van der Waals surface area contributed by atoms with E-state index in [9.17, 15) is 9.59 Å². The Morgan fingerprint density at radius 2 is 2.25 bits per heavy atom. The van der Waals surface area contributed by atoms with E-state index in [4.69, 9.17) is 9.84 Å². The summed E-state index contributed by atoms with van der Waals surface area (Å²) in [4.78, 5) is 24.7.